The molecule has 10 aromatic rings. The highest BCUT2D eigenvalue weighted by molar-refractivity contribution is 6.19. The maximum absolute atomic E-state index is 6.39. The minimum atomic E-state index is 0.627. The number of nitrogens with zero attached hydrogens (tertiary/aromatic N) is 3. The number of fused-ring (bicyclic) bond motifs is 8. The number of rotatable bonds is 4. The molecule has 4 nitrogen and oxygen atoms in total. The lowest BCUT2D eigenvalue weighted by Gasteiger charge is -2.13. The average Bonchev–Trinajstić information content (AvgIpc) is 3.56. The van der Waals surface area contributed by atoms with Gasteiger partial charge in [-0.3, -0.25) is 0 Å². The van der Waals surface area contributed by atoms with Crippen molar-refractivity contribution in [1.29, 1.82) is 0 Å². The number of hydrogen-bond acceptors (Lipinski definition) is 4. The zero-order chi connectivity index (χ0) is 32.3. The molecule has 0 N–H and O–H groups in total. The first-order valence-corrected chi connectivity index (χ1v) is 16.4. The van der Waals surface area contributed by atoms with Gasteiger partial charge in [0.2, 0.25) is 0 Å². The van der Waals surface area contributed by atoms with Gasteiger partial charge in [-0.25, -0.2) is 15.0 Å². The Labute approximate surface area is 282 Å². The van der Waals surface area contributed by atoms with Crippen LogP contribution in [0.5, 0.6) is 0 Å². The largest absolute Gasteiger partial charge is 0.455 e. The SMILES string of the molecule is c1ccc(-c2nc(-c3cccc(-c4cc5c6ccccc6oc5c5ccccc45)c3)nc(-c3cc4ccccc4c4ccccc34)n2)cc1. The van der Waals surface area contributed by atoms with Crippen LogP contribution in [0, 0.1) is 0 Å². The highest BCUT2D eigenvalue weighted by Gasteiger charge is 2.18. The fraction of sp³-hybridized carbons (Fsp3) is 0. The Balaban J connectivity index is 1.21. The molecule has 2 heterocycles. The van der Waals surface area contributed by atoms with Gasteiger partial charge in [-0.1, -0.05) is 140 Å². The molecule has 0 aliphatic rings. The van der Waals surface area contributed by atoms with Gasteiger partial charge in [0.25, 0.3) is 0 Å². The first kappa shape index (κ1) is 27.5. The second kappa shape index (κ2) is 11.0. The molecule has 8 aromatic carbocycles. The minimum Gasteiger partial charge on any atom is -0.455 e. The minimum absolute atomic E-state index is 0.627. The predicted octanol–water partition coefficient (Wildman–Crippen LogP) is 11.9. The molecular formula is C45H27N3O. The lowest BCUT2D eigenvalue weighted by molar-refractivity contribution is 0.672. The summed E-state index contributed by atoms with van der Waals surface area (Å²) in [4.78, 5) is 15.4. The van der Waals surface area contributed by atoms with E-state index in [-0.39, 0.29) is 0 Å². The highest BCUT2D eigenvalue weighted by Crippen LogP contribution is 2.41. The van der Waals surface area contributed by atoms with E-state index in [0.717, 1.165) is 71.3 Å². The molecule has 0 saturated heterocycles. The van der Waals surface area contributed by atoms with Gasteiger partial charge in [0, 0.05) is 32.8 Å². The molecule has 0 aliphatic carbocycles. The number of aromatic nitrogens is 3. The zero-order valence-corrected chi connectivity index (χ0v) is 26.3. The Morgan fingerprint density at radius 2 is 0.898 bits per heavy atom. The van der Waals surface area contributed by atoms with Gasteiger partial charge in [0.05, 0.1) is 0 Å². The third-order valence-electron chi connectivity index (χ3n) is 9.49. The third-order valence-corrected chi connectivity index (χ3v) is 9.49. The maximum atomic E-state index is 6.39. The lowest BCUT2D eigenvalue weighted by Crippen LogP contribution is -2.01. The molecule has 49 heavy (non-hydrogen) atoms. The van der Waals surface area contributed by atoms with Gasteiger partial charge in [-0.2, -0.15) is 0 Å². The van der Waals surface area contributed by atoms with Crippen LogP contribution in [0.4, 0.5) is 0 Å². The van der Waals surface area contributed by atoms with Gasteiger partial charge in [-0.05, 0) is 62.3 Å². The van der Waals surface area contributed by atoms with Gasteiger partial charge in [0.15, 0.2) is 17.5 Å². The van der Waals surface area contributed by atoms with Gasteiger partial charge >= 0.3 is 0 Å². The van der Waals surface area contributed by atoms with E-state index in [1.807, 2.05) is 30.3 Å². The zero-order valence-electron chi connectivity index (χ0n) is 26.3. The maximum Gasteiger partial charge on any atom is 0.164 e. The Bertz CT molecular complexity index is 2890. The molecule has 0 amide bonds. The van der Waals surface area contributed by atoms with Crippen LogP contribution in [-0.4, -0.2) is 15.0 Å². The molecule has 0 fully saturated rings. The van der Waals surface area contributed by atoms with Gasteiger partial charge < -0.3 is 4.42 Å². The van der Waals surface area contributed by atoms with E-state index in [2.05, 4.69) is 133 Å². The second-order valence-corrected chi connectivity index (χ2v) is 12.4. The van der Waals surface area contributed by atoms with E-state index >= 15 is 0 Å². The van der Waals surface area contributed by atoms with E-state index in [1.165, 1.54) is 10.8 Å². The van der Waals surface area contributed by atoms with Gasteiger partial charge in [0.1, 0.15) is 11.2 Å². The fourth-order valence-corrected chi connectivity index (χ4v) is 7.19. The summed E-state index contributed by atoms with van der Waals surface area (Å²) in [7, 11) is 0. The third kappa shape index (κ3) is 4.49. The lowest BCUT2D eigenvalue weighted by atomic mass is 9.94. The molecule has 0 radical (unpaired) electrons. The summed E-state index contributed by atoms with van der Waals surface area (Å²) in [5, 5.41) is 9.08. The van der Waals surface area contributed by atoms with Crippen molar-refractivity contribution in [1.82, 2.24) is 15.0 Å². The number of benzene rings is 8. The van der Waals surface area contributed by atoms with Crippen LogP contribution >= 0.6 is 0 Å². The number of hydrogen-bond donors (Lipinski definition) is 0. The first-order valence-electron chi connectivity index (χ1n) is 16.4. The first-order chi connectivity index (χ1) is 24.3. The number of para-hydroxylation sites is 1. The van der Waals surface area contributed by atoms with Crippen molar-refractivity contribution in [3.8, 4) is 45.3 Å². The summed E-state index contributed by atoms with van der Waals surface area (Å²) >= 11 is 0. The molecule has 0 aliphatic heterocycles. The molecule has 10 rings (SSSR count). The summed E-state index contributed by atoms with van der Waals surface area (Å²) in [6.45, 7) is 0. The van der Waals surface area contributed by atoms with Crippen molar-refractivity contribution in [3.05, 3.63) is 164 Å². The van der Waals surface area contributed by atoms with Crippen LogP contribution in [0.1, 0.15) is 0 Å². The molecule has 2 aromatic heterocycles. The van der Waals surface area contributed by atoms with Crippen LogP contribution in [0.2, 0.25) is 0 Å². The Morgan fingerprint density at radius 3 is 1.71 bits per heavy atom. The monoisotopic (exact) mass is 625 g/mol. The normalized spacial score (nSPS) is 11.7. The van der Waals surface area contributed by atoms with E-state index < -0.39 is 0 Å². The smallest absolute Gasteiger partial charge is 0.164 e. The van der Waals surface area contributed by atoms with Crippen LogP contribution in [0.3, 0.4) is 0 Å². The molecule has 228 valence electrons. The van der Waals surface area contributed by atoms with Crippen molar-refractivity contribution < 1.29 is 4.42 Å². The van der Waals surface area contributed by atoms with Crippen molar-refractivity contribution in [3.63, 3.8) is 0 Å². The van der Waals surface area contributed by atoms with Crippen molar-refractivity contribution in [2.24, 2.45) is 0 Å². The van der Waals surface area contributed by atoms with Crippen molar-refractivity contribution >= 4 is 54.3 Å². The highest BCUT2D eigenvalue weighted by atomic mass is 16.3. The van der Waals surface area contributed by atoms with E-state index in [0.29, 0.717) is 17.5 Å². The molecule has 0 atom stereocenters. The fourth-order valence-electron chi connectivity index (χ4n) is 7.19. The van der Waals surface area contributed by atoms with Crippen LogP contribution in [-0.2, 0) is 0 Å². The summed E-state index contributed by atoms with van der Waals surface area (Å²) in [5.41, 5.74) is 6.86. The average molecular weight is 626 g/mol. The molecular weight excluding hydrogens is 599 g/mol. The summed E-state index contributed by atoms with van der Waals surface area (Å²) < 4.78 is 6.39. The summed E-state index contributed by atoms with van der Waals surface area (Å²) in [6.07, 6.45) is 0. The second-order valence-electron chi connectivity index (χ2n) is 12.4. The van der Waals surface area contributed by atoms with Crippen molar-refractivity contribution in [2.45, 2.75) is 0 Å². The molecule has 4 heteroatoms. The van der Waals surface area contributed by atoms with Gasteiger partial charge in [-0.15, -0.1) is 0 Å². The van der Waals surface area contributed by atoms with Crippen LogP contribution in [0.25, 0.3) is 99.5 Å². The molecule has 0 spiro atoms. The number of furan rings is 1. The predicted molar refractivity (Wildman–Crippen MR) is 201 cm³/mol. The molecule has 0 bridgehead atoms. The van der Waals surface area contributed by atoms with Crippen molar-refractivity contribution in [2.75, 3.05) is 0 Å². The standard InChI is InChI=1S/C45H27N3O/c1-2-13-28(14-3-1)43-46-44(48-45(47-43)40-26-30-15-4-5-18-32(30)33-19-6-7-20-34(33)40)31-17-12-16-29(25-31)38-27-39-36-22-10-11-24-41(36)49-42(39)37-23-9-8-21-35(37)38/h1-27H. The molecule has 0 saturated carbocycles. The quantitative estimate of drug-likeness (QED) is 0.183. The van der Waals surface area contributed by atoms with E-state index in [9.17, 15) is 0 Å². The summed E-state index contributed by atoms with van der Waals surface area (Å²) in [6, 6.07) is 56.9. The topological polar surface area (TPSA) is 51.8 Å². The van der Waals surface area contributed by atoms with Crippen LogP contribution in [0.15, 0.2) is 168 Å². The van der Waals surface area contributed by atoms with Crippen LogP contribution < -0.4 is 0 Å². The van der Waals surface area contributed by atoms with E-state index in [4.69, 9.17) is 19.4 Å². The summed E-state index contributed by atoms with van der Waals surface area (Å²) in [5.74, 6) is 1.91. The molecule has 0 unspecified atom stereocenters. The Morgan fingerprint density at radius 1 is 0.327 bits per heavy atom. The Kier molecular flexibility index (Phi) is 6.15. The van der Waals surface area contributed by atoms with E-state index in [1.54, 1.807) is 0 Å². The Hall–Kier alpha value is -6.65.